The first-order valence-electron chi connectivity index (χ1n) is 8.27. The summed E-state index contributed by atoms with van der Waals surface area (Å²) in [5, 5.41) is 14.8. The maximum atomic E-state index is 12.2. The van der Waals surface area contributed by atoms with E-state index < -0.39 is 22.0 Å². The van der Waals surface area contributed by atoms with Crippen LogP contribution in [0.2, 0.25) is 0 Å². The summed E-state index contributed by atoms with van der Waals surface area (Å²) in [7, 11) is 0. The van der Waals surface area contributed by atoms with Crippen LogP contribution in [0.5, 0.6) is 0 Å². The van der Waals surface area contributed by atoms with Crippen molar-refractivity contribution < 1.29 is 14.5 Å². The average molecular weight is 392 g/mol. The van der Waals surface area contributed by atoms with Crippen LogP contribution < -0.4 is 16.4 Å². The monoisotopic (exact) mass is 392 g/mol. The Bertz CT molecular complexity index is 798. The molecule has 0 aliphatic heterocycles. The Balaban J connectivity index is 2.47. The van der Waals surface area contributed by atoms with Crippen LogP contribution in [-0.4, -0.2) is 49.5 Å². The van der Waals surface area contributed by atoms with E-state index in [0.29, 0.717) is 28.7 Å². The largest absolute Gasteiger partial charge is 0.616 e. The summed E-state index contributed by atoms with van der Waals surface area (Å²) in [5.74, 6) is 1.20. The van der Waals surface area contributed by atoms with E-state index in [0.717, 1.165) is 0 Å². The molecule has 0 aliphatic carbocycles. The predicted octanol–water partition coefficient (Wildman–Crippen LogP) is 1.44. The molecule has 0 spiro atoms. The average Bonchev–Trinajstić information content (AvgIpc) is 2.61. The molecule has 5 N–H and O–H groups in total. The minimum absolute atomic E-state index is 0.0627. The molecule has 2 aromatic rings. The van der Waals surface area contributed by atoms with Crippen LogP contribution in [-0.2, 0) is 15.9 Å². The summed E-state index contributed by atoms with van der Waals surface area (Å²) in [6, 6.07) is 4.10. The van der Waals surface area contributed by atoms with E-state index in [1.54, 1.807) is 24.5 Å². The molecule has 0 aromatic carbocycles. The molecule has 9 nitrogen and oxygen atoms in total. The van der Waals surface area contributed by atoms with E-state index in [-0.39, 0.29) is 12.6 Å². The molecule has 2 amide bonds. The fourth-order valence-electron chi connectivity index (χ4n) is 2.13. The zero-order valence-electron chi connectivity index (χ0n) is 15.7. The first-order valence-corrected chi connectivity index (χ1v) is 9.82. The number of nitrogens with one attached hydrogen (secondary N) is 2. The number of carbonyl (C=O) groups excluding carboxylic acids is 1. The molecule has 0 fully saturated rings. The number of amides is 2. The predicted molar refractivity (Wildman–Crippen MR) is 106 cm³/mol. The third kappa shape index (κ3) is 5.28. The van der Waals surface area contributed by atoms with Gasteiger partial charge in [-0.1, -0.05) is 0 Å². The van der Waals surface area contributed by atoms with Crippen molar-refractivity contribution in [1.29, 1.82) is 0 Å². The maximum Gasteiger partial charge on any atom is 0.317 e. The minimum Gasteiger partial charge on any atom is -0.616 e. The first kappa shape index (κ1) is 20.9. The molecule has 10 heteroatoms. The minimum atomic E-state index is -1.17. The number of hydrogen-bond acceptors (Lipinski definition) is 7. The van der Waals surface area contributed by atoms with Crippen LogP contribution >= 0.6 is 0 Å². The van der Waals surface area contributed by atoms with Crippen molar-refractivity contribution >= 4 is 28.8 Å². The first-order chi connectivity index (χ1) is 12.6. The lowest BCUT2D eigenvalue weighted by atomic mass is 10.1. The summed E-state index contributed by atoms with van der Waals surface area (Å²) < 4.78 is 11.5. The molecular formula is C17H24N6O3S. The van der Waals surface area contributed by atoms with Crippen LogP contribution in [0.1, 0.15) is 26.5 Å². The third-order valence-electron chi connectivity index (χ3n) is 4.00. The fourth-order valence-corrected chi connectivity index (χ4v) is 2.53. The summed E-state index contributed by atoms with van der Waals surface area (Å²) in [5.41, 5.74) is 6.29. The van der Waals surface area contributed by atoms with Gasteiger partial charge in [0.1, 0.15) is 17.3 Å². The lowest BCUT2D eigenvalue weighted by Gasteiger charge is -2.26. The summed E-state index contributed by atoms with van der Waals surface area (Å²) >= 11 is -1.17. The van der Waals surface area contributed by atoms with Gasteiger partial charge in [0, 0.05) is 23.9 Å². The summed E-state index contributed by atoms with van der Waals surface area (Å²) in [6.07, 6.45) is 3.14. The van der Waals surface area contributed by atoms with Gasteiger partial charge in [-0.2, -0.15) is 0 Å². The molecule has 0 saturated carbocycles. The van der Waals surface area contributed by atoms with Crippen LogP contribution in [0.15, 0.2) is 24.4 Å². The number of primary amides is 1. The van der Waals surface area contributed by atoms with E-state index >= 15 is 0 Å². The van der Waals surface area contributed by atoms with Crippen molar-refractivity contribution in [3.8, 4) is 11.4 Å². The highest BCUT2D eigenvalue weighted by atomic mass is 32.2. The number of rotatable bonds is 7. The molecule has 0 saturated heterocycles. The summed E-state index contributed by atoms with van der Waals surface area (Å²) in [4.78, 5) is 24.1. The maximum absolute atomic E-state index is 12.2. The number of nitrogens with two attached hydrogens (primary N) is 1. The Morgan fingerprint density at radius 3 is 2.59 bits per heavy atom. The second-order valence-corrected chi connectivity index (χ2v) is 8.50. The Hall–Kier alpha value is -2.43. The highest BCUT2D eigenvalue weighted by Crippen LogP contribution is 2.30. The molecule has 2 rings (SSSR count). The number of carbonyl (C=O) groups is 1. The second kappa shape index (κ2) is 8.51. The number of aliphatic hydroxyl groups is 1. The lowest BCUT2D eigenvalue weighted by molar-refractivity contribution is 0.259. The van der Waals surface area contributed by atoms with Crippen molar-refractivity contribution in [3.63, 3.8) is 0 Å². The number of hydrogen-bond donors (Lipinski definition) is 4. The molecular weight excluding hydrogens is 368 g/mol. The molecule has 0 bridgehead atoms. The van der Waals surface area contributed by atoms with Gasteiger partial charge in [0.05, 0.1) is 12.9 Å². The van der Waals surface area contributed by atoms with Gasteiger partial charge < -0.3 is 20.7 Å². The van der Waals surface area contributed by atoms with Crippen molar-refractivity contribution in [3.05, 3.63) is 30.1 Å². The Morgan fingerprint density at radius 1 is 1.37 bits per heavy atom. The zero-order valence-corrected chi connectivity index (χ0v) is 16.5. The highest BCUT2D eigenvalue weighted by molar-refractivity contribution is 7.91. The van der Waals surface area contributed by atoms with Crippen LogP contribution in [0, 0.1) is 0 Å². The molecule has 1 unspecified atom stereocenters. The SMILES string of the molecule is C[C@@H](CO)Nc1cc(C(C)(C)[S+](C)[O-])nc(-c2ccc(NC(N)=O)nc2)n1. The normalized spacial score (nSPS) is 13.7. The number of aromatic nitrogens is 3. The van der Waals surface area contributed by atoms with Crippen molar-refractivity contribution in [2.45, 2.75) is 31.6 Å². The topological polar surface area (TPSA) is 149 Å². The molecule has 2 atom stereocenters. The third-order valence-corrected chi connectivity index (χ3v) is 5.65. The molecule has 2 aromatic heterocycles. The second-order valence-electron chi connectivity index (χ2n) is 6.58. The highest BCUT2D eigenvalue weighted by Gasteiger charge is 2.33. The molecule has 0 radical (unpaired) electrons. The van der Waals surface area contributed by atoms with E-state index in [1.807, 2.05) is 20.8 Å². The zero-order chi connectivity index (χ0) is 20.2. The van der Waals surface area contributed by atoms with Gasteiger partial charge in [-0.25, -0.2) is 19.7 Å². The van der Waals surface area contributed by atoms with Crippen LogP contribution in [0.3, 0.4) is 0 Å². The molecule has 146 valence electrons. The van der Waals surface area contributed by atoms with Gasteiger partial charge in [-0.15, -0.1) is 0 Å². The number of urea groups is 1. The number of anilines is 2. The number of aliphatic hydroxyl groups excluding tert-OH is 1. The van der Waals surface area contributed by atoms with Crippen molar-refractivity contribution in [2.24, 2.45) is 5.73 Å². The van der Waals surface area contributed by atoms with E-state index in [2.05, 4.69) is 25.6 Å². The van der Waals surface area contributed by atoms with Gasteiger partial charge in [0.15, 0.2) is 10.6 Å². The van der Waals surface area contributed by atoms with Gasteiger partial charge >= 0.3 is 6.03 Å². The Kier molecular flexibility index (Phi) is 6.58. The Morgan fingerprint density at radius 2 is 2.07 bits per heavy atom. The Labute approximate surface area is 161 Å². The molecule has 27 heavy (non-hydrogen) atoms. The van der Waals surface area contributed by atoms with Gasteiger partial charge in [0.2, 0.25) is 0 Å². The van der Waals surface area contributed by atoms with E-state index in [1.165, 1.54) is 6.20 Å². The van der Waals surface area contributed by atoms with Gasteiger partial charge in [-0.3, -0.25) is 5.32 Å². The molecule has 0 aliphatic rings. The number of nitrogens with zero attached hydrogens (tertiary/aromatic N) is 3. The smallest absolute Gasteiger partial charge is 0.317 e. The van der Waals surface area contributed by atoms with Crippen LogP contribution in [0.25, 0.3) is 11.4 Å². The number of pyridine rings is 1. The van der Waals surface area contributed by atoms with Crippen molar-refractivity contribution in [1.82, 2.24) is 15.0 Å². The standard InChI is InChI=1S/C17H24N6O3S/c1-10(9-24)20-14-7-12(17(2,3)27(4)26)21-15(22-14)11-5-6-13(19-8-11)23-16(18)25/h5-8,10,24H,9H2,1-4H3,(H,20,21,22)(H3,18,19,23,25)/t10-,27?/m0/s1. The summed E-state index contributed by atoms with van der Waals surface area (Å²) in [6.45, 7) is 5.43. The van der Waals surface area contributed by atoms with E-state index in [4.69, 9.17) is 5.73 Å². The lowest BCUT2D eigenvalue weighted by Crippen LogP contribution is -2.30. The fraction of sp³-hybridized carbons (Fsp3) is 0.412. The van der Waals surface area contributed by atoms with Crippen LogP contribution in [0.4, 0.5) is 16.4 Å². The van der Waals surface area contributed by atoms with Gasteiger partial charge in [-0.05, 0) is 44.1 Å². The quantitative estimate of drug-likeness (QED) is 0.521. The molecule has 2 heterocycles. The van der Waals surface area contributed by atoms with Crippen molar-refractivity contribution in [2.75, 3.05) is 23.5 Å². The van der Waals surface area contributed by atoms with Gasteiger partial charge in [0.25, 0.3) is 0 Å². The van der Waals surface area contributed by atoms with E-state index in [9.17, 15) is 14.5 Å².